The molecule has 2 aromatic heterocycles. The van der Waals surface area contributed by atoms with E-state index in [1.807, 2.05) is 40.0 Å². The number of rotatable bonds is 0. The minimum absolute atomic E-state index is 1.13. The molecule has 0 N–H and O–H groups in total. The van der Waals surface area contributed by atoms with E-state index < -0.39 is 0 Å². The molecule has 3 rings (SSSR count). The molecule has 2 heteroatoms. The largest absolute Gasteiger partial charge is 0.255 e. The maximum absolute atomic E-state index is 4.38. The van der Waals surface area contributed by atoms with Gasteiger partial charge in [-0.25, -0.2) is 0 Å². The summed E-state index contributed by atoms with van der Waals surface area (Å²) >= 11 is 1.80. The molecule has 1 aromatic carbocycles. The lowest BCUT2D eigenvalue weighted by atomic mass is 10.2. The molecule has 0 radical (unpaired) electrons. The van der Waals surface area contributed by atoms with E-state index in [2.05, 4.69) is 35.3 Å². The third-order valence-corrected chi connectivity index (χ3v) is 3.26. The molecule has 17 heavy (non-hydrogen) atoms. The Kier molecular flexibility index (Phi) is 5.64. The number of fused-ring (bicyclic) bond motifs is 3. The van der Waals surface area contributed by atoms with Gasteiger partial charge in [0.05, 0.1) is 10.2 Å². The van der Waals surface area contributed by atoms with Gasteiger partial charge in [-0.15, -0.1) is 11.3 Å². The zero-order valence-corrected chi connectivity index (χ0v) is 11.7. The fourth-order valence-electron chi connectivity index (χ4n) is 1.54. The van der Waals surface area contributed by atoms with Crippen molar-refractivity contribution in [3.05, 3.63) is 42.6 Å². The first-order valence-electron chi connectivity index (χ1n) is 6.17. The summed E-state index contributed by atoms with van der Waals surface area (Å²) in [5.74, 6) is 0. The van der Waals surface area contributed by atoms with Crippen LogP contribution >= 0.6 is 11.3 Å². The second-order valence-electron chi connectivity index (χ2n) is 2.95. The average molecular weight is 245 g/mol. The standard InChI is InChI=1S/C11H7NS.2C2H6/c1-2-5-9-8(4-1)11-10(13-9)6-3-7-12-11;2*1-2/h1-7H;2*1-2H3. The lowest BCUT2D eigenvalue weighted by molar-refractivity contribution is 1.44. The first kappa shape index (κ1) is 13.7. The van der Waals surface area contributed by atoms with Crippen molar-refractivity contribution in [1.82, 2.24) is 4.98 Å². The molecule has 0 aliphatic rings. The fraction of sp³-hybridized carbons (Fsp3) is 0.267. The third-order valence-electron chi connectivity index (χ3n) is 2.13. The van der Waals surface area contributed by atoms with Crippen LogP contribution in [0.1, 0.15) is 27.7 Å². The summed E-state index contributed by atoms with van der Waals surface area (Å²) in [5, 5.41) is 1.27. The molecule has 90 valence electrons. The van der Waals surface area contributed by atoms with Crippen molar-refractivity contribution in [2.75, 3.05) is 0 Å². The van der Waals surface area contributed by atoms with Gasteiger partial charge in [-0.05, 0) is 18.2 Å². The number of pyridine rings is 1. The molecule has 0 unspecified atom stereocenters. The van der Waals surface area contributed by atoms with Crippen LogP contribution < -0.4 is 0 Å². The minimum Gasteiger partial charge on any atom is -0.255 e. The molecule has 0 saturated heterocycles. The molecule has 0 bridgehead atoms. The summed E-state index contributed by atoms with van der Waals surface area (Å²) in [6, 6.07) is 12.5. The van der Waals surface area contributed by atoms with Crippen LogP contribution in [0.15, 0.2) is 42.6 Å². The number of hydrogen-bond acceptors (Lipinski definition) is 2. The molecule has 3 aromatic rings. The highest BCUT2D eigenvalue weighted by Crippen LogP contribution is 2.31. The number of nitrogens with zero attached hydrogens (tertiary/aromatic N) is 1. The van der Waals surface area contributed by atoms with Crippen LogP contribution in [0.2, 0.25) is 0 Å². The van der Waals surface area contributed by atoms with Crippen molar-refractivity contribution < 1.29 is 0 Å². The monoisotopic (exact) mass is 245 g/mol. The SMILES string of the molecule is CC.CC.c1ccc2c(c1)sc1cccnc12. The lowest BCUT2D eigenvalue weighted by Crippen LogP contribution is -1.69. The molecule has 0 spiro atoms. The van der Waals surface area contributed by atoms with Crippen molar-refractivity contribution >= 4 is 31.6 Å². The number of thiophene rings is 1. The first-order chi connectivity index (χ1) is 8.45. The molecule has 0 amide bonds. The van der Waals surface area contributed by atoms with Gasteiger partial charge in [-0.1, -0.05) is 45.9 Å². The van der Waals surface area contributed by atoms with Gasteiger partial charge in [-0.2, -0.15) is 0 Å². The Hall–Kier alpha value is -1.41. The predicted molar refractivity (Wildman–Crippen MR) is 79.8 cm³/mol. The number of hydrogen-bond donors (Lipinski definition) is 0. The van der Waals surface area contributed by atoms with E-state index in [-0.39, 0.29) is 0 Å². The van der Waals surface area contributed by atoms with Crippen LogP contribution in [0.25, 0.3) is 20.3 Å². The van der Waals surface area contributed by atoms with E-state index in [1.165, 1.54) is 14.8 Å². The predicted octanol–water partition coefficient (Wildman–Crippen LogP) is 5.50. The van der Waals surface area contributed by atoms with Crippen molar-refractivity contribution in [3.8, 4) is 0 Å². The summed E-state index contributed by atoms with van der Waals surface area (Å²) < 4.78 is 2.58. The zero-order valence-electron chi connectivity index (χ0n) is 10.9. The quantitative estimate of drug-likeness (QED) is 0.509. The highest BCUT2D eigenvalue weighted by Gasteiger charge is 2.02. The molecule has 0 atom stereocenters. The fourth-order valence-corrected chi connectivity index (χ4v) is 2.61. The van der Waals surface area contributed by atoms with Gasteiger partial charge < -0.3 is 0 Å². The summed E-state index contributed by atoms with van der Waals surface area (Å²) in [6.45, 7) is 8.00. The molecule has 0 aliphatic carbocycles. The average Bonchev–Trinajstić information content (AvgIpc) is 2.82. The van der Waals surface area contributed by atoms with Crippen molar-refractivity contribution in [2.45, 2.75) is 27.7 Å². The first-order valence-corrected chi connectivity index (χ1v) is 6.99. The Bertz CT molecular complexity index is 519. The topological polar surface area (TPSA) is 12.9 Å². The summed E-state index contributed by atoms with van der Waals surface area (Å²) in [6.07, 6.45) is 1.85. The van der Waals surface area contributed by atoms with Crippen LogP contribution in [0, 0.1) is 0 Å². The minimum atomic E-state index is 1.13. The van der Waals surface area contributed by atoms with Crippen LogP contribution in [-0.2, 0) is 0 Å². The van der Waals surface area contributed by atoms with E-state index in [0.29, 0.717) is 0 Å². The molecule has 2 heterocycles. The molecular formula is C15H19NS. The lowest BCUT2D eigenvalue weighted by Gasteiger charge is -1.87. The van der Waals surface area contributed by atoms with Crippen LogP contribution in [0.5, 0.6) is 0 Å². The zero-order chi connectivity index (χ0) is 12.7. The van der Waals surface area contributed by atoms with Crippen molar-refractivity contribution in [3.63, 3.8) is 0 Å². The van der Waals surface area contributed by atoms with Gasteiger partial charge in [-0.3, -0.25) is 4.98 Å². The van der Waals surface area contributed by atoms with E-state index in [1.54, 1.807) is 11.3 Å². The summed E-state index contributed by atoms with van der Waals surface area (Å²) in [7, 11) is 0. The van der Waals surface area contributed by atoms with Gasteiger partial charge in [0.25, 0.3) is 0 Å². The molecule has 1 nitrogen and oxygen atoms in total. The van der Waals surface area contributed by atoms with Crippen LogP contribution in [0.4, 0.5) is 0 Å². The Morgan fingerprint density at radius 3 is 2.24 bits per heavy atom. The van der Waals surface area contributed by atoms with Gasteiger partial charge in [0.1, 0.15) is 0 Å². The van der Waals surface area contributed by atoms with Crippen molar-refractivity contribution in [1.29, 1.82) is 0 Å². The smallest absolute Gasteiger partial charge is 0.0888 e. The maximum Gasteiger partial charge on any atom is 0.0888 e. The Labute approximate surface area is 107 Å². The van der Waals surface area contributed by atoms with E-state index >= 15 is 0 Å². The van der Waals surface area contributed by atoms with E-state index in [4.69, 9.17) is 0 Å². The van der Waals surface area contributed by atoms with Gasteiger partial charge >= 0.3 is 0 Å². The molecule has 0 saturated carbocycles. The second-order valence-corrected chi connectivity index (χ2v) is 4.03. The highest BCUT2D eigenvalue weighted by molar-refractivity contribution is 7.25. The van der Waals surface area contributed by atoms with E-state index in [9.17, 15) is 0 Å². The summed E-state index contributed by atoms with van der Waals surface area (Å²) in [4.78, 5) is 4.38. The third kappa shape index (κ3) is 2.83. The van der Waals surface area contributed by atoms with Gasteiger partial charge in [0, 0.05) is 16.3 Å². The number of benzene rings is 1. The summed E-state index contributed by atoms with van der Waals surface area (Å²) in [5.41, 5.74) is 1.13. The molecule has 0 aliphatic heterocycles. The molecule has 0 fully saturated rings. The second kappa shape index (κ2) is 7.02. The van der Waals surface area contributed by atoms with Gasteiger partial charge in [0.2, 0.25) is 0 Å². The Morgan fingerprint density at radius 2 is 1.47 bits per heavy atom. The number of aromatic nitrogens is 1. The molecular weight excluding hydrogens is 226 g/mol. The Balaban J connectivity index is 0.000000330. The van der Waals surface area contributed by atoms with Crippen LogP contribution in [0.3, 0.4) is 0 Å². The highest BCUT2D eigenvalue weighted by atomic mass is 32.1. The van der Waals surface area contributed by atoms with Crippen molar-refractivity contribution in [2.24, 2.45) is 0 Å². The van der Waals surface area contributed by atoms with Crippen LogP contribution in [-0.4, -0.2) is 4.98 Å². The normalized spacial score (nSPS) is 9.18. The maximum atomic E-state index is 4.38. The van der Waals surface area contributed by atoms with E-state index in [0.717, 1.165) is 5.52 Å². The Morgan fingerprint density at radius 1 is 0.824 bits per heavy atom. The van der Waals surface area contributed by atoms with Gasteiger partial charge in [0.15, 0.2) is 0 Å².